The summed E-state index contributed by atoms with van der Waals surface area (Å²) in [6, 6.07) is 7.97. The zero-order valence-electron chi connectivity index (χ0n) is 12.0. The quantitative estimate of drug-likeness (QED) is 0.870. The van der Waals surface area contributed by atoms with Crippen molar-refractivity contribution < 1.29 is 9.84 Å². The van der Waals surface area contributed by atoms with Crippen LogP contribution in [-0.2, 0) is 4.74 Å². The van der Waals surface area contributed by atoms with Crippen LogP contribution in [0.4, 0.5) is 5.69 Å². The predicted octanol–water partition coefficient (Wildman–Crippen LogP) is 1.86. The Morgan fingerprint density at radius 3 is 2.45 bits per heavy atom. The number of hydrogen-bond donors (Lipinski definition) is 1. The number of ether oxygens (including phenoxy) is 1. The molecule has 0 aliphatic carbocycles. The molecular formula is C15H23ClN2O2. The predicted molar refractivity (Wildman–Crippen MR) is 82.6 cm³/mol. The number of nitrogens with zero attached hydrogens (tertiary/aromatic N) is 2. The Morgan fingerprint density at radius 1 is 1.20 bits per heavy atom. The van der Waals surface area contributed by atoms with Crippen LogP contribution in [0.3, 0.4) is 0 Å². The van der Waals surface area contributed by atoms with E-state index >= 15 is 0 Å². The van der Waals surface area contributed by atoms with Crippen molar-refractivity contribution in [3.05, 3.63) is 29.3 Å². The van der Waals surface area contributed by atoms with Crippen molar-refractivity contribution in [1.82, 2.24) is 4.90 Å². The van der Waals surface area contributed by atoms with Crippen LogP contribution in [0, 0.1) is 0 Å². The summed E-state index contributed by atoms with van der Waals surface area (Å²) in [5, 5.41) is 10.6. The van der Waals surface area contributed by atoms with Crippen molar-refractivity contribution in [1.29, 1.82) is 0 Å². The number of piperazine rings is 1. The van der Waals surface area contributed by atoms with E-state index in [1.807, 2.05) is 19.1 Å². The molecule has 0 saturated carbocycles. The third-order valence-electron chi connectivity index (χ3n) is 3.55. The number of benzene rings is 1. The first-order valence-corrected chi connectivity index (χ1v) is 7.55. The van der Waals surface area contributed by atoms with Gasteiger partial charge in [-0.1, -0.05) is 11.6 Å². The number of hydrogen-bond acceptors (Lipinski definition) is 4. The van der Waals surface area contributed by atoms with Gasteiger partial charge >= 0.3 is 0 Å². The van der Waals surface area contributed by atoms with Crippen LogP contribution in [0.15, 0.2) is 24.3 Å². The second kappa shape index (κ2) is 7.84. The molecule has 20 heavy (non-hydrogen) atoms. The van der Waals surface area contributed by atoms with E-state index in [2.05, 4.69) is 21.9 Å². The largest absolute Gasteiger partial charge is 0.389 e. The van der Waals surface area contributed by atoms with E-state index in [0.29, 0.717) is 19.8 Å². The standard InChI is InChI=1S/C15H23ClN2O2/c1-2-20-12-15(19)11-17-7-9-18(10-8-17)14-5-3-13(16)4-6-14/h3-6,15,19H,2,7-12H2,1H3. The van der Waals surface area contributed by atoms with Gasteiger partial charge in [-0.2, -0.15) is 0 Å². The van der Waals surface area contributed by atoms with Crippen LogP contribution in [0.25, 0.3) is 0 Å². The highest BCUT2D eigenvalue weighted by molar-refractivity contribution is 6.30. The third kappa shape index (κ3) is 4.63. The summed E-state index contributed by atoms with van der Waals surface area (Å²) in [6.07, 6.45) is -0.392. The van der Waals surface area contributed by atoms with Gasteiger partial charge in [-0.3, -0.25) is 4.90 Å². The summed E-state index contributed by atoms with van der Waals surface area (Å²) in [5.74, 6) is 0. The zero-order chi connectivity index (χ0) is 14.4. The summed E-state index contributed by atoms with van der Waals surface area (Å²) in [6.45, 7) is 7.59. The molecule has 5 heteroatoms. The highest BCUT2D eigenvalue weighted by Gasteiger charge is 2.19. The van der Waals surface area contributed by atoms with Crippen molar-refractivity contribution in [3.63, 3.8) is 0 Å². The van der Waals surface area contributed by atoms with E-state index in [9.17, 15) is 5.11 Å². The van der Waals surface area contributed by atoms with Crippen LogP contribution in [-0.4, -0.2) is 62.0 Å². The fourth-order valence-corrected chi connectivity index (χ4v) is 2.57. The van der Waals surface area contributed by atoms with Gasteiger partial charge in [-0.15, -0.1) is 0 Å². The molecule has 1 saturated heterocycles. The van der Waals surface area contributed by atoms with Crippen LogP contribution in [0.1, 0.15) is 6.92 Å². The summed E-state index contributed by atoms with van der Waals surface area (Å²) in [5.41, 5.74) is 1.21. The lowest BCUT2D eigenvalue weighted by atomic mass is 10.2. The second-order valence-corrected chi connectivity index (χ2v) is 5.51. The molecular weight excluding hydrogens is 276 g/mol. The molecule has 1 fully saturated rings. The molecule has 1 unspecified atom stereocenters. The van der Waals surface area contributed by atoms with E-state index in [0.717, 1.165) is 31.2 Å². The number of halogens is 1. The fraction of sp³-hybridized carbons (Fsp3) is 0.600. The van der Waals surface area contributed by atoms with E-state index < -0.39 is 6.10 Å². The minimum absolute atomic E-state index is 0.392. The van der Waals surface area contributed by atoms with Crippen LogP contribution < -0.4 is 4.90 Å². The molecule has 1 aromatic carbocycles. The lowest BCUT2D eigenvalue weighted by Crippen LogP contribution is -2.49. The first-order chi connectivity index (χ1) is 9.69. The van der Waals surface area contributed by atoms with Gasteiger partial charge in [0.2, 0.25) is 0 Å². The number of aliphatic hydroxyl groups excluding tert-OH is 1. The number of β-amino-alcohol motifs (C(OH)–C–C–N with tert-alkyl or cyclic N) is 1. The number of anilines is 1. The molecule has 1 aromatic rings. The van der Waals surface area contributed by atoms with Crippen LogP contribution >= 0.6 is 11.6 Å². The lowest BCUT2D eigenvalue weighted by Gasteiger charge is -2.36. The summed E-state index contributed by atoms with van der Waals surface area (Å²) in [7, 11) is 0. The van der Waals surface area contributed by atoms with Crippen molar-refractivity contribution in [3.8, 4) is 0 Å². The summed E-state index contributed by atoms with van der Waals surface area (Å²) >= 11 is 5.91. The van der Waals surface area contributed by atoms with Crippen molar-refractivity contribution >= 4 is 17.3 Å². The minimum Gasteiger partial charge on any atom is -0.389 e. The van der Waals surface area contributed by atoms with Gasteiger partial charge in [0.25, 0.3) is 0 Å². The van der Waals surface area contributed by atoms with E-state index in [4.69, 9.17) is 16.3 Å². The van der Waals surface area contributed by atoms with Gasteiger partial charge in [0.15, 0.2) is 0 Å². The highest BCUT2D eigenvalue weighted by Crippen LogP contribution is 2.19. The molecule has 0 amide bonds. The summed E-state index contributed by atoms with van der Waals surface area (Å²) < 4.78 is 5.24. The van der Waals surface area contributed by atoms with Crippen molar-refractivity contribution in [2.75, 3.05) is 50.8 Å². The zero-order valence-corrected chi connectivity index (χ0v) is 12.7. The molecule has 1 aliphatic rings. The number of aliphatic hydroxyl groups is 1. The Labute approximate surface area is 125 Å². The molecule has 1 N–H and O–H groups in total. The maximum absolute atomic E-state index is 9.85. The minimum atomic E-state index is -0.392. The van der Waals surface area contributed by atoms with E-state index in [1.165, 1.54) is 5.69 Å². The average Bonchev–Trinajstić information content (AvgIpc) is 2.47. The van der Waals surface area contributed by atoms with Gasteiger partial charge in [-0.25, -0.2) is 0 Å². The van der Waals surface area contributed by atoms with Gasteiger partial charge < -0.3 is 14.7 Å². The first kappa shape index (κ1) is 15.6. The first-order valence-electron chi connectivity index (χ1n) is 7.17. The van der Waals surface area contributed by atoms with Crippen LogP contribution in [0.2, 0.25) is 5.02 Å². The Balaban J connectivity index is 1.76. The molecule has 1 atom stereocenters. The number of rotatable bonds is 6. The summed E-state index contributed by atoms with van der Waals surface area (Å²) in [4.78, 5) is 4.64. The molecule has 0 radical (unpaired) electrons. The van der Waals surface area contributed by atoms with Gasteiger partial charge in [0.05, 0.1) is 12.7 Å². The molecule has 1 heterocycles. The topological polar surface area (TPSA) is 35.9 Å². The van der Waals surface area contributed by atoms with Gasteiger partial charge in [0.1, 0.15) is 0 Å². The van der Waals surface area contributed by atoms with E-state index in [-0.39, 0.29) is 0 Å². The average molecular weight is 299 g/mol. The monoisotopic (exact) mass is 298 g/mol. The fourth-order valence-electron chi connectivity index (χ4n) is 2.45. The maximum Gasteiger partial charge on any atom is 0.0900 e. The molecule has 0 spiro atoms. The molecule has 0 bridgehead atoms. The van der Waals surface area contributed by atoms with Crippen LogP contribution in [0.5, 0.6) is 0 Å². The lowest BCUT2D eigenvalue weighted by molar-refractivity contribution is 0.0202. The van der Waals surface area contributed by atoms with Gasteiger partial charge in [0, 0.05) is 50.0 Å². The Morgan fingerprint density at radius 2 is 1.85 bits per heavy atom. The molecule has 2 rings (SSSR count). The normalized spacial score (nSPS) is 18.2. The smallest absolute Gasteiger partial charge is 0.0900 e. The molecule has 1 aliphatic heterocycles. The molecule has 4 nitrogen and oxygen atoms in total. The van der Waals surface area contributed by atoms with E-state index in [1.54, 1.807) is 0 Å². The Hall–Kier alpha value is -0.810. The Bertz CT molecular complexity index is 391. The van der Waals surface area contributed by atoms with Crippen molar-refractivity contribution in [2.45, 2.75) is 13.0 Å². The third-order valence-corrected chi connectivity index (χ3v) is 3.80. The Kier molecular flexibility index (Phi) is 6.10. The molecule has 112 valence electrons. The molecule has 0 aromatic heterocycles. The SMILES string of the molecule is CCOCC(O)CN1CCN(c2ccc(Cl)cc2)CC1. The maximum atomic E-state index is 9.85. The van der Waals surface area contributed by atoms with Gasteiger partial charge in [-0.05, 0) is 31.2 Å². The van der Waals surface area contributed by atoms with Crippen molar-refractivity contribution in [2.24, 2.45) is 0 Å². The second-order valence-electron chi connectivity index (χ2n) is 5.08. The highest BCUT2D eigenvalue weighted by atomic mass is 35.5.